The minimum atomic E-state index is 0.891. The molecule has 2 aromatic carbocycles. The average molecular weight is 220 g/mol. The van der Waals surface area contributed by atoms with Crippen molar-refractivity contribution in [1.29, 1.82) is 0 Å². The highest BCUT2D eigenvalue weighted by Gasteiger charge is 2.12. The van der Waals surface area contributed by atoms with Crippen LogP contribution < -0.4 is 0 Å². The second-order valence-corrected chi connectivity index (χ2v) is 3.91. The molecule has 0 atom stereocenters. The van der Waals surface area contributed by atoms with Crippen molar-refractivity contribution in [3.05, 3.63) is 66.7 Å². The third kappa shape index (κ3) is 1.56. The van der Waals surface area contributed by atoms with Gasteiger partial charge in [-0.1, -0.05) is 61.2 Å². The van der Waals surface area contributed by atoms with E-state index in [-0.39, 0.29) is 0 Å². The number of furan rings is 1. The third-order valence-corrected chi connectivity index (χ3v) is 2.87. The van der Waals surface area contributed by atoms with E-state index in [9.17, 15) is 0 Å². The molecule has 1 nitrogen and oxygen atoms in total. The fraction of sp³-hybridized carbons (Fsp3) is 0. The van der Waals surface area contributed by atoms with E-state index in [0.717, 1.165) is 27.9 Å². The molecule has 0 spiro atoms. The van der Waals surface area contributed by atoms with Crippen LogP contribution in [0.5, 0.6) is 0 Å². The molecule has 0 unspecified atom stereocenters. The molecule has 0 amide bonds. The van der Waals surface area contributed by atoms with E-state index in [2.05, 4.69) is 12.6 Å². The molecule has 82 valence electrons. The van der Waals surface area contributed by atoms with Gasteiger partial charge in [0.25, 0.3) is 0 Å². The summed E-state index contributed by atoms with van der Waals surface area (Å²) < 4.78 is 5.90. The predicted octanol–water partition coefficient (Wildman–Crippen LogP) is 4.74. The van der Waals surface area contributed by atoms with Crippen molar-refractivity contribution in [2.45, 2.75) is 0 Å². The summed E-state index contributed by atoms with van der Waals surface area (Å²) in [4.78, 5) is 0. The summed E-state index contributed by atoms with van der Waals surface area (Å²) in [5.41, 5.74) is 3.05. The molecule has 0 fully saturated rings. The van der Waals surface area contributed by atoms with Gasteiger partial charge in [0, 0.05) is 16.5 Å². The fourth-order valence-corrected chi connectivity index (χ4v) is 2.07. The van der Waals surface area contributed by atoms with E-state index in [1.165, 1.54) is 0 Å². The SMILES string of the molecule is C=Cc1c(-c2ccccc2)oc2ccccc12. The van der Waals surface area contributed by atoms with Crippen LogP contribution in [0.1, 0.15) is 5.56 Å². The maximum Gasteiger partial charge on any atom is 0.142 e. The van der Waals surface area contributed by atoms with Crippen molar-refractivity contribution >= 4 is 17.0 Å². The smallest absolute Gasteiger partial charge is 0.142 e. The van der Waals surface area contributed by atoms with Crippen LogP contribution in [-0.4, -0.2) is 0 Å². The normalized spacial score (nSPS) is 10.6. The Morgan fingerprint density at radius 1 is 0.882 bits per heavy atom. The first-order chi connectivity index (χ1) is 8.40. The fourth-order valence-electron chi connectivity index (χ4n) is 2.07. The molecule has 0 radical (unpaired) electrons. The monoisotopic (exact) mass is 220 g/mol. The molecule has 0 saturated heterocycles. The molecule has 3 rings (SSSR count). The lowest BCUT2D eigenvalue weighted by molar-refractivity contribution is 0.631. The number of benzene rings is 2. The second-order valence-electron chi connectivity index (χ2n) is 3.91. The molecule has 0 bridgehead atoms. The number of hydrogen-bond acceptors (Lipinski definition) is 1. The number of rotatable bonds is 2. The summed E-state index contributed by atoms with van der Waals surface area (Å²) in [6.45, 7) is 3.88. The van der Waals surface area contributed by atoms with E-state index >= 15 is 0 Å². The molecule has 0 aliphatic rings. The Labute approximate surface area is 100 Å². The van der Waals surface area contributed by atoms with Crippen LogP contribution in [0.2, 0.25) is 0 Å². The van der Waals surface area contributed by atoms with Crippen LogP contribution in [0.25, 0.3) is 28.4 Å². The van der Waals surface area contributed by atoms with Crippen molar-refractivity contribution in [2.24, 2.45) is 0 Å². The lowest BCUT2D eigenvalue weighted by atomic mass is 10.1. The van der Waals surface area contributed by atoms with Gasteiger partial charge in [0.05, 0.1) is 0 Å². The van der Waals surface area contributed by atoms with Gasteiger partial charge in [-0.05, 0) is 6.07 Å². The Morgan fingerprint density at radius 3 is 2.35 bits per heavy atom. The lowest BCUT2D eigenvalue weighted by Gasteiger charge is -1.97. The highest BCUT2D eigenvalue weighted by molar-refractivity contribution is 5.93. The minimum absolute atomic E-state index is 0.891. The predicted molar refractivity (Wildman–Crippen MR) is 71.7 cm³/mol. The van der Waals surface area contributed by atoms with E-state index in [1.54, 1.807) is 0 Å². The molecular formula is C16H12O. The van der Waals surface area contributed by atoms with E-state index in [0.29, 0.717) is 0 Å². The van der Waals surface area contributed by atoms with E-state index in [4.69, 9.17) is 4.42 Å². The van der Waals surface area contributed by atoms with Gasteiger partial charge in [-0.15, -0.1) is 0 Å². The molecule has 1 heterocycles. The molecular weight excluding hydrogens is 208 g/mol. The zero-order valence-corrected chi connectivity index (χ0v) is 9.39. The van der Waals surface area contributed by atoms with Crippen LogP contribution in [-0.2, 0) is 0 Å². The van der Waals surface area contributed by atoms with Crippen LogP contribution in [0.3, 0.4) is 0 Å². The minimum Gasteiger partial charge on any atom is -0.455 e. The van der Waals surface area contributed by atoms with Gasteiger partial charge >= 0.3 is 0 Å². The van der Waals surface area contributed by atoms with Gasteiger partial charge in [-0.25, -0.2) is 0 Å². The number of fused-ring (bicyclic) bond motifs is 1. The lowest BCUT2D eigenvalue weighted by Crippen LogP contribution is -1.76. The molecule has 0 N–H and O–H groups in total. The zero-order valence-electron chi connectivity index (χ0n) is 9.39. The Morgan fingerprint density at radius 2 is 1.59 bits per heavy atom. The van der Waals surface area contributed by atoms with Crippen molar-refractivity contribution in [2.75, 3.05) is 0 Å². The van der Waals surface area contributed by atoms with Crippen LogP contribution in [0, 0.1) is 0 Å². The summed E-state index contributed by atoms with van der Waals surface area (Å²) in [6.07, 6.45) is 1.86. The summed E-state index contributed by atoms with van der Waals surface area (Å²) in [7, 11) is 0. The first kappa shape index (κ1) is 9.91. The van der Waals surface area contributed by atoms with Gasteiger partial charge in [-0.3, -0.25) is 0 Å². The summed E-state index contributed by atoms with van der Waals surface area (Å²) >= 11 is 0. The Bertz CT molecular complexity index is 662. The molecule has 0 aliphatic carbocycles. The van der Waals surface area contributed by atoms with Crippen molar-refractivity contribution in [3.63, 3.8) is 0 Å². The number of para-hydroxylation sites is 1. The Hall–Kier alpha value is -2.28. The Kier molecular flexibility index (Phi) is 2.30. The maximum absolute atomic E-state index is 5.90. The molecule has 0 aliphatic heterocycles. The van der Waals surface area contributed by atoms with Gasteiger partial charge < -0.3 is 4.42 Å². The highest BCUT2D eigenvalue weighted by Crippen LogP contribution is 2.33. The van der Waals surface area contributed by atoms with Crippen molar-refractivity contribution in [3.8, 4) is 11.3 Å². The highest BCUT2D eigenvalue weighted by atomic mass is 16.3. The average Bonchev–Trinajstić information content (AvgIpc) is 2.78. The summed E-state index contributed by atoms with van der Waals surface area (Å²) in [6, 6.07) is 18.1. The first-order valence-electron chi connectivity index (χ1n) is 5.59. The maximum atomic E-state index is 5.90. The Balaban J connectivity index is 2.33. The zero-order chi connectivity index (χ0) is 11.7. The van der Waals surface area contributed by atoms with Crippen molar-refractivity contribution < 1.29 is 4.42 Å². The topological polar surface area (TPSA) is 13.1 Å². The van der Waals surface area contributed by atoms with Gasteiger partial charge in [0.2, 0.25) is 0 Å². The molecule has 3 aromatic rings. The standard InChI is InChI=1S/C16H12O/c1-2-13-14-10-6-7-11-15(14)17-16(13)12-8-4-3-5-9-12/h2-11H,1H2. The summed E-state index contributed by atoms with van der Waals surface area (Å²) in [5, 5.41) is 1.11. The van der Waals surface area contributed by atoms with Crippen LogP contribution >= 0.6 is 0 Å². The quantitative estimate of drug-likeness (QED) is 0.607. The first-order valence-corrected chi connectivity index (χ1v) is 5.59. The van der Waals surface area contributed by atoms with E-state index < -0.39 is 0 Å². The molecule has 17 heavy (non-hydrogen) atoms. The number of hydrogen-bond donors (Lipinski definition) is 0. The third-order valence-electron chi connectivity index (χ3n) is 2.87. The molecule has 1 aromatic heterocycles. The molecule has 1 heteroatoms. The second kappa shape index (κ2) is 3.95. The van der Waals surface area contributed by atoms with Gasteiger partial charge in [0.1, 0.15) is 11.3 Å². The van der Waals surface area contributed by atoms with Gasteiger partial charge in [0.15, 0.2) is 0 Å². The van der Waals surface area contributed by atoms with Crippen LogP contribution in [0.15, 0.2) is 65.6 Å². The molecule has 0 saturated carbocycles. The largest absolute Gasteiger partial charge is 0.455 e. The summed E-state index contributed by atoms with van der Waals surface area (Å²) in [5.74, 6) is 0.891. The van der Waals surface area contributed by atoms with Crippen molar-refractivity contribution in [1.82, 2.24) is 0 Å². The van der Waals surface area contributed by atoms with Gasteiger partial charge in [-0.2, -0.15) is 0 Å². The van der Waals surface area contributed by atoms with E-state index in [1.807, 2.05) is 54.6 Å². The van der Waals surface area contributed by atoms with Crippen LogP contribution in [0.4, 0.5) is 0 Å².